The summed E-state index contributed by atoms with van der Waals surface area (Å²) < 4.78 is 6.07. The fraction of sp³-hybridized carbons (Fsp3) is 0.375. The van der Waals surface area contributed by atoms with Crippen LogP contribution in [0.5, 0.6) is 0 Å². The number of carbonyl (C=O) groups excluding carboxylic acids is 1. The molecule has 1 rings (SSSR count). The van der Waals surface area contributed by atoms with Gasteiger partial charge >= 0.3 is 5.97 Å². The Morgan fingerprint density at radius 2 is 2.62 bits per heavy atom. The number of carbonyl (C=O) groups is 1. The Labute approximate surface area is 75.5 Å². The van der Waals surface area contributed by atoms with Gasteiger partial charge in [-0.1, -0.05) is 0 Å². The molecule has 13 heavy (non-hydrogen) atoms. The van der Waals surface area contributed by atoms with Crippen molar-refractivity contribution >= 4 is 5.97 Å². The molecule has 5 heteroatoms. The first-order chi connectivity index (χ1) is 6.29. The van der Waals surface area contributed by atoms with Crippen LogP contribution >= 0.6 is 0 Å². The second-order valence-electron chi connectivity index (χ2n) is 2.25. The summed E-state index contributed by atoms with van der Waals surface area (Å²) in [4.78, 5) is 11.2. The quantitative estimate of drug-likeness (QED) is 0.636. The summed E-state index contributed by atoms with van der Waals surface area (Å²) in [6.07, 6.45) is 1.46. The normalized spacial score (nSPS) is 9.23. The van der Waals surface area contributed by atoms with Crippen molar-refractivity contribution in [1.29, 1.82) is 5.26 Å². The van der Waals surface area contributed by atoms with Crippen molar-refractivity contribution in [3.63, 3.8) is 0 Å². The molecule has 0 aliphatic heterocycles. The van der Waals surface area contributed by atoms with E-state index in [0.29, 0.717) is 12.3 Å². The Hall–Kier alpha value is -1.83. The van der Waals surface area contributed by atoms with Gasteiger partial charge in [-0.2, -0.15) is 10.4 Å². The summed E-state index contributed by atoms with van der Waals surface area (Å²) in [5.74, 6) is -0.449. The Balaban J connectivity index is 2.82. The molecule has 1 heterocycles. The molecule has 5 nitrogen and oxygen atoms in total. The van der Waals surface area contributed by atoms with Crippen molar-refractivity contribution in [2.45, 2.75) is 13.5 Å². The molecule has 0 bridgehead atoms. The van der Waals surface area contributed by atoms with Gasteiger partial charge in [0.2, 0.25) is 0 Å². The first-order valence-corrected chi connectivity index (χ1v) is 3.85. The highest BCUT2D eigenvalue weighted by Crippen LogP contribution is 2.00. The van der Waals surface area contributed by atoms with Gasteiger partial charge in [0.25, 0.3) is 0 Å². The monoisotopic (exact) mass is 179 g/mol. The van der Waals surface area contributed by atoms with Crippen LogP contribution in [0.15, 0.2) is 12.3 Å². The van der Waals surface area contributed by atoms with Crippen molar-refractivity contribution in [3.8, 4) is 6.07 Å². The number of nitrogens with zero attached hydrogens (tertiary/aromatic N) is 3. The van der Waals surface area contributed by atoms with E-state index in [4.69, 9.17) is 10.00 Å². The van der Waals surface area contributed by atoms with Gasteiger partial charge in [0.05, 0.1) is 12.7 Å². The van der Waals surface area contributed by atoms with Gasteiger partial charge in [0, 0.05) is 6.20 Å². The zero-order valence-electron chi connectivity index (χ0n) is 7.23. The molecule has 0 N–H and O–H groups in total. The molecule has 0 unspecified atom stereocenters. The lowest BCUT2D eigenvalue weighted by atomic mass is 10.4. The van der Waals surface area contributed by atoms with Gasteiger partial charge in [-0.15, -0.1) is 0 Å². The Kier molecular flexibility index (Phi) is 3.03. The lowest BCUT2D eigenvalue weighted by Crippen LogP contribution is -2.12. The van der Waals surface area contributed by atoms with Crippen LogP contribution in [0.2, 0.25) is 0 Å². The van der Waals surface area contributed by atoms with Crippen molar-refractivity contribution in [2.75, 3.05) is 6.61 Å². The van der Waals surface area contributed by atoms with E-state index >= 15 is 0 Å². The molecule has 0 aromatic carbocycles. The Morgan fingerprint density at radius 1 is 1.85 bits per heavy atom. The smallest absolute Gasteiger partial charge is 0.356 e. The molecule has 0 aliphatic rings. The molecule has 1 aromatic rings. The molecule has 0 fully saturated rings. The predicted octanol–water partition coefficient (Wildman–Crippen LogP) is 0.583. The predicted molar refractivity (Wildman–Crippen MR) is 43.8 cm³/mol. The number of ether oxygens (including phenoxy) is 1. The number of nitriles is 1. The van der Waals surface area contributed by atoms with E-state index in [1.54, 1.807) is 6.92 Å². The van der Waals surface area contributed by atoms with Crippen molar-refractivity contribution in [1.82, 2.24) is 9.78 Å². The Morgan fingerprint density at radius 3 is 3.23 bits per heavy atom. The minimum Gasteiger partial charge on any atom is -0.461 e. The van der Waals surface area contributed by atoms with Crippen molar-refractivity contribution in [3.05, 3.63) is 18.0 Å². The van der Waals surface area contributed by atoms with Crippen LogP contribution in [0.25, 0.3) is 0 Å². The second kappa shape index (κ2) is 4.26. The minimum absolute atomic E-state index is 0.0567. The zero-order chi connectivity index (χ0) is 9.68. The molecular formula is C8H9N3O2. The summed E-state index contributed by atoms with van der Waals surface area (Å²) in [7, 11) is 0. The summed E-state index contributed by atoms with van der Waals surface area (Å²) >= 11 is 0. The number of aromatic nitrogens is 2. The molecule has 0 saturated carbocycles. The first-order valence-electron chi connectivity index (χ1n) is 3.85. The van der Waals surface area contributed by atoms with Gasteiger partial charge in [0.15, 0.2) is 0 Å². The maximum absolute atomic E-state index is 11.2. The van der Waals surface area contributed by atoms with Crippen LogP contribution in [0.3, 0.4) is 0 Å². The van der Waals surface area contributed by atoms with Crippen LogP contribution in [0.4, 0.5) is 0 Å². The lowest BCUT2D eigenvalue weighted by Gasteiger charge is -2.01. The molecule has 0 radical (unpaired) electrons. The van der Waals surface area contributed by atoms with Crippen molar-refractivity contribution in [2.24, 2.45) is 0 Å². The van der Waals surface area contributed by atoms with E-state index in [-0.39, 0.29) is 6.54 Å². The molecule has 0 atom stereocenters. The third-order valence-corrected chi connectivity index (χ3v) is 1.42. The van der Waals surface area contributed by atoms with E-state index in [1.165, 1.54) is 16.9 Å². The summed E-state index contributed by atoms with van der Waals surface area (Å²) in [5.41, 5.74) is 0.309. The summed E-state index contributed by atoms with van der Waals surface area (Å²) in [6.45, 7) is 2.10. The highest BCUT2D eigenvalue weighted by atomic mass is 16.5. The Bertz CT molecular complexity index is 337. The van der Waals surface area contributed by atoms with Crippen molar-refractivity contribution < 1.29 is 9.53 Å². The summed E-state index contributed by atoms with van der Waals surface area (Å²) in [6, 6.07) is 3.42. The number of hydrogen-bond acceptors (Lipinski definition) is 4. The zero-order valence-corrected chi connectivity index (χ0v) is 7.23. The van der Waals surface area contributed by atoms with Crippen LogP contribution in [0.1, 0.15) is 17.4 Å². The van der Waals surface area contributed by atoms with Gasteiger partial charge in [-0.25, -0.2) is 9.48 Å². The highest BCUT2D eigenvalue weighted by molar-refractivity contribution is 5.87. The SMILES string of the molecule is CCOC(=O)c1ccnn1CC#N. The van der Waals surface area contributed by atoms with Crippen LogP contribution in [-0.2, 0) is 11.3 Å². The van der Waals surface area contributed by atoms with E-state index in [0.717, 1.165) is 0 Å². The van der Waals surface area contributed by atoms with Gasteiger partial charge < -0.3 is 4.74 Å². The largest absolute Gasteiger partial charge is 0.461 e. The van der Waals surface area contributed by atoms with E-state index in [1.807, 2.05) is 6.07 Å². The molecule has 0 saturated heterocycles. The summed E-state index contributed by atoms with van der Waals surface area (Å²) in [5, 5.41) is 12.2. The highest BCUT2D eigenvalue weighted by Gasteiger charge is 2.11. The average Bonchev–Trinajstić information content (AvgIpc) is 2.54. The van der Waals surface area contributed by atoms with Gasteiger partial charge in [-0.05, 0) is 13.0 Å². The fourth-order valence-corrected chi connectivity index (χ4v) is 0.904. The lowest BCUT2D eigenvalue weighted by molar-refractivity contribution is 0.0513. The number of rotatable bonds is 3. The van der Waals surface area contributed by atoms with E-state index in [9.17, 15) is 4.79 Å². The van der Waals surface area contributed by atoms with Gasteiger partial charge in [0.1, 0.15) is 12.2 Å². The maximum Gasteiger partial charge on any atom is 0.356 e. The molecule has 0 spiro atoms. The van der Waals surface area contributed by atoms with Gasteiger partial charge in [-0.3, -0.25) is 0 Å². The molecule has 0 amide bonds. The first kappa shape index (κ1) is 9.26. The van der Waals surface area contributed by atoms with E-state index in [2.05, 4.69) is 5.10 Å². The minimum atomic E-state index is -0.449. The number of esters is 1. The standard InChI is InChI=1S/C8H9N3O2/c1-2-13-8(12)7-3-5-10-11(7)6-4-9/h3,5H,2,6H2,1H3. The molecular weight excluding hydrogens is 170 g/mol. The second-order valence-corrected chi connectivity index (χ2v) is 2.25. The van der Waals surface area contributed by atoms with E-state index < -0.39 is 5.97 Å². The molecule has 1 aromatic heterocycles. The molecule has 68 valence electrons. The molecule has 0 aliphatic carbocycles. The topological polar surface area (TPSA) is 67.9 Å². The fourth-order valence-electron chi connectivity index (χ4n) is 0.904. The third-order valence-electron chi connectivity index (χ3n) is 1.42. The average molecular weight is 179 g/mol. The third kappa shape index (κ3) is 2.06. The van der Waals surface area contributed by atoms with Crippen LogP contribution in [-0.4, -0.2) is 22.4 Å². The number of hydrogen-bond donors (Lipinski definition) is 0. The van der Waals surface area contributed by atoms with Crippen LogP contribution < -0.4 is 0 Å². The van der Waals surface area contributed by atoms with Crippen LogP contribution in [0, 0.1) is 11.3 Å². The maximum atomic E-state index is 11.2.